The highest BCUT2D eigenvalue weighted by Gasteiger charge is 2.16. The molecule has 0 aliphatic rings. The molecule has 0 radical (unpaired) electrons. The van der Waals surface area contributed by atoms with Gasteiger partial charge in [0.2, 0.25) is 5.91 Å². The quantitative estimate of drug-likeness (QED) is 0.0767. The Morgan fingerprint density at radius 3 is 2.30 bits per heavy atom. The van der Waals surface area contributed by atoms with Gasteiger partial charge in [-0.2, -0.15) is 0 Å². The number of anilines is 2. The lowest BCUT2D eigenvalue weighted by molar-refractivity contribution is -0.384. The summed E-state index contributed by atoms with van der Waals surface area (Å²) in [5.41, 5.74) is 1.60. The molecule has 12 heteroatoms. The number of carbonyl (C=O) groups excluding carboxylic acids is 3. The van der Waals surface area contributed by atoms with Crippen molar-refractivity contribution in [2.75, 3.05) is 23.5 Å². The molecule has 0 aliphatic carbocycles. The number of nitrogens with one attached hydrogen (secondary N) is 3. The molecule has 4 aromatic rings. The molecule has 0 saturated heterocycles. The van der Waals surface area contributed by atoms with E-state index in [4.69, 9.17) is 16.3 Å². The summed E-state index contributed by atoms with van der Waals surface area (Å²) >= 11 is 7.38. The van der Waals surface area contributed by atoms with Gasteiger partial charge in [0.25, 0.3) is 17.5 Å². The number of methoxy groups -OCH3 is 1. The number of thioether (sulfide) groups is 1. The highest BCUT2D eigenvalue weighted by atomic mass is 35.5. The lowest BCUT2D eigenvalue weighted by Gasteiger charge is -2.12. The number of carbonyl (C=O) groups is 3. The van der Waals surface area contributed by atoms with E-state index in [9.17, 15) is 24.5 Å². The number of hydrogen-bond donors (Lipinski definition) is 3. The maximum Gasteiger partial charge on any atom is 0.272 e. The first-order chi connectivity index (χ1) is 20.7. The molecule has 218 valence electrons. The van der Waals surface area contributed by atoms with Gasteiger partial charge in [0.05, 0.1) is 22.8 Å². The average Bonchev–Trinajstić information content (AvgIpc) is 3.00. The summed E-state index contributed by atoms with van der Waals surface area (Å²) in [6, 6.07) is 25.8. The predicted molar refractivity (Wildman–Crippen MR) is 167 cm³/mol. The molecule has 0 aliphatic heterocycles. The third-order valence-electron chi connectivity index (χ3n) is 5.84. The molecule has 0 unspecified atom stereocenters. The molecular weight excluding hydrogens is 592 g/mol. The normalized spacial score (nSPS) is 10.9. The maximum absolute atomic E-state index is 13.3. The molecule has 0 atom stereocenters. The second-order valence-electron chi connectivity index (χ2n) is 8.89. The zero-order chi connectivity index (χ0) is 30.8. The van der Waals surface area contributed by atoms with Crippen LogP contribution in [0.25, 0.3) is 6.08 Å². The molecule has 0 bridgehead atoms. The number of nitro benzene ring substituents is 1. The third-order valence-corrected chi connectivity index (χ3v) is 7.13. The molecule has 0 fully saturated rings. The van der Waals surface area contributed by atoms with E-state index in [0.29, 0.717) is 33.3 Å². The minimum atomic E-state index is -0.612. The molecule has 4 rings (SSSR count). The number of rotatable bonds is 11. The van der Waals surface area contributed by atoms with Crippen LogP contribution < -0.4 is 20.7 Å². The number of ether oxygens (including phenoxy) is 1. The van der Waals surface area contributed by atoms with E-state index in [-0.39, 0.29) is 23.0 Å². The fraction of sp³-hybridized carbons (Fsp3) is 0.0645. The molecule has 0 saturated carbocycles. The zero-order valence-electron chi connectivity index (χ0n) is 22.7. The van der Waals surface area contributed by atoms with Crippen LogP contribution in [0.2, 0.25) is 5.02 Å². The van der Waals surface area contributed by atoms with Crippen molar-refractivity contribution in [2.24, 2.45) is 0 Å². The van der Waals surface area contributed by atoms with Crippen LogP contribution in [0.5, 0.6) is 5.75 Å². The van der Waals surface area contributed by atoms with Gasteiger partial charge in [-0.25, -0.2) is 0 Å². The molecule has 10 nitrogen and oxygen atoms in total. The Bertz CT molecular complexity index is 1680. The molecule has 4 aromatic carbocycles. The van der Waals surface area contributed by atoms with Crippen molar-refractivity contribution in [2.45, 2.75) is 4.90 Å². The predicted octanol–water partition coefficient (Wildman–Crippen LogP) is 6.40. The molecule has 0 spiro atoms. The Morgan fingerprint density at radius 2 is 1.63 bits per heavy atom. The summed E-state index contributed by atoms with van der Waals surface area (Å²) in [5.74, 6) is -0.772. The fourth-order valence-corrected chi connectivity index (χ4v) is 4.77. The van der Waals surface area contributed by atoms with Gasteiger partial charge in [-0.05, 0) is 72.3 Å². The van der Waals surface area contributed by atoms with Crippen molar-refractivity contribution in [3.63, 3.8) is 0 Å². The number of benzene rings is 4. The van der Waals surface area contributed by atoms with Gasteiger partial charge in [-0.1, -0.05) is 35.9 Å². The Morgan fingerprint density at radius 1 is 0.907 bits per heavy atom. The molecule has 3 amide bonds. The van der Waals surface area contributed by atoms with E-state index in [1.54, 1.807) is 72.8 Å². The molecule has 0 aromatic heterocycles. The number of non-ortho nitro benzene ring substituents is 1. The average molecular weight is 617 g/mol. The van der Waals surface area contributed by atoms with Gasteiger partial charge >= 0.3 is 0 Å². The van der Waals surface area contributed by atoms with Crippen LogP contribution in [0.1, 0.15) is 15.9 Å². The van der Waals surface area contributed by atoms with Crippen molar-refractivity contribution in [1.82, 2.24) is 5.32 Å². The van der Waals surface area contributed by atoms with Crippen LogP contribution >= 0.6 is 23.4 Å². The highest BCUT2D eigenvalue weighted by Crippen LogP contribution is 2.28. The summed E-state index contributed by atoms with van der Waals surface area (Å²) in [6.07, 6.45) is 1.42. The lowest BCUT2D eigenvalue weighted by atomic mass is 10.1. The summed E-state index contributed by atoms with van der Waals surface area (Å²) in [5, 5.41) is 19.6. The van der Waals surface area contributed by atoms with E-state index < -0.39 is 16.7 Å². The SMILES string of the molecule is COc1ccc(NC(=O)CSc2cccc(NC(=O)/C(=C\c3ccc([N+](=O)[O-])cc3)NC(=O)c3ccccc3)c2)cc1Cl. The van der Waals surface area contributed by atoms with Crippen LogP contribution in [0.3, 0.4) is 0 Å². The van der Waals surface area contributed by atoms with Crippen molar-refractivity contribution < 1.29 is 24.0 Å². The number of halogens is 1. The number of hydrogen-bond acceptors (Lipinski definition) is 7. The summed E-state index contributed by atoms with van der Waals surface area (Å²) < 4.78 is 5.12. The maximum atomic E-state index is 13.3. The van der Waals surface area contributed by atoms with Gasteiger partial charge in [-0.15, -0.1) is 11.8 Å². The molecule has 0 heterocycles. The van der Waals surface area contributed by atoms with Crippen LogP contribution in [0, 0.1) is 10.1 Å². The highest BCUT2D eigenvalue weighted by molar-refractivity contribution is 8.00. The fourth-order valence-electron chi connectivity index (χ4n) is 3.75. The Labute approximate surface area is 256 Å². The largest absolute Gasteiger partial charge is 0.495 e. The van der Waals surface area contributed by atoms with Crippen molar-refractivity contribution in [3.05, 3.63) is 129 Å². The van der Waals surface area contributed by atoms with Crippen LogP contribution in [0.15, 0.2) is 108 Å². The molecule has 3 N–H and O–H groups in total. The first-order valence-corrected chi connectivity index (χ1v) is 14.1. The monoisotopic (exact) mass is 616 g/mol. The summed E-state index contributed by atoms with van der Waals surface area (Å²) in [7, 11) is 1.50. The third kappa shape index (κ3) is 8.93. The Hall–Kier alpha value is -5.13. The van der Waals surface area contributed by atoms with Gasteiger partial charge in [0, 0.05) is 34.0 Å². The standard InChI is InChI=1S/C31H25ClN4O6S/c1-42-28-15-12-23(18-26(28)32)33-29(37)19-43-25-9-5-8-22(17-25)34-31(39)27(35-30(38)21-6-3-2-4-7-21)16-20-10-13-24(14-11-20)36(40)41/h2-18H,19H2,1H3,(H,33,37)(H,34,39)(H,35,38)/b27-16+. The van der Waals surface area contributed by atoms with E-state index in [1.807, 2.05) is 0 Å². The minimum absolute atomic E-state index is 0.0710. The number of nitro groups is 1. The van der Waals surface area contributed by atoms with Gasteiger partial charge in [0.15, 0.2) is 0 Å². The van der Waals surface area contributed by atoms with Gasteiger partial charge in [-0.3, -0.25) is 24.5 Å². The Balaban J connectivity index is 1.45. The summed E-state index contributed by atoms with van der Waals surface area (Å²) in [4.78, 5) is 49.9. The van der Waals surface area contributed by atoms with Crippen LogP contribution in [0.4, 0.5) is 17.1 Å². The second-order valence-corrected chi connectivity index (χ2v) is 10.4. The van der Waals surface area contributed by atoms with Crippen LogP contribution in [-0.4, -0.2) is 35.5 Å². The first kappa shape index (κ1) is 30.8. The number of amides is 3. The van der Waals surface area contributed by atoms with Crippen molar-refractivity contribution in [3.8, 4) is 5.75 Å². The van der Waals surface area contributed by atoms with E-state index in [2.05, 4.69) is 16.0 Å². The first-order valence-electron chi connectivity index (χ1n) is 12.7. The topological polar surface area (TPSA) is 140 Å². The number of nitrogens with zero attached hydrogens (tertiary/aromatic N) is 1. The van der Waals surface area contributed by atoms with E-state index in [0.717, 1.165) is 4.90 Å². The Kier molecular flexibility index (Phi) is 10.5. The zero-order valence-corrected chi connectivity index (χ0v) is 24.3. The smallest absolute Gasteiger partial charge is 0.272 e. The molecule has 43 heavy (non-hydrogen) atoms. The lowest BCUT2D eigenvalue weighted by Crippen LogP contribution is -2.30. The van der Waals surface area contributed by atoms with Crippen molar-refractivity contribution >= 4 is 64.2 Å². The van der Waals surface area contributed by atoms with Crippen molar-refractivity contribution in [1.29, 1.82) is 0 Å². The minimum Gasteiger partial charge on any atom is -0.495 e. The second kappa shape index (κ2) is 14.7. The molecular formula is C31H25ClN4O6S. The summed E-state index contributed by atoms with van der Waals surface area (Å²) in [6.45, 7) is 0. The van der Waals surface area contributed by atoms with E-state index >= 15 is 0 Å². The van der Waals surface area contributed by atoms with Gasteiger partial charge < -0.3 is 20.7 Å². The van der Waals surface area contributed by atoms with Gasteiger partial charge in [0.1, 0.15) is 11.4 Å². The van der Waals surface area contributed by atoms with E-state index in [1.165, 1.54) is 49.2 Å². The van der Waals surface area contributed by atoms with Crippen LogP contribution in [-0.2, 0) is 9.59 Å².